The molecule has 8 heteroatoms. The highest BCUT2D eigenvalue weighted by atomic mass is 32.2. The Hall–Kier alpha value is -2.45. The van der Waals surface area contributed by atoms with Crippen molar-refractivity contribution in [3.8, 4) is 0 Å². The summed E-state index contributed by atoms with van der Waals surface area (Å²) in [5, 5.41) is 11.2. The molecule has 144 valence electrons. The maximum absolute atomic E-state index is 12.9. The summed E-state index contributed by atoms with van der Waals surface area (Å²) < 4.78 is 27.2. The Balaban J connectivity index is 1.75. The van der Waals surface area contributed by atoms with Gasteiger partial charge in [0.15, 0.2) is 0 Å². The Labute approximate surface area is 159 Å². The van der Waals surface area contributed by atoms with Gasteiger partial charge in [-0.2, -0.15) is 4.31 Å². The topological polar surface area (TPSA) is 83.8 Å². The molecule has 1 aliphatic heterocycles. The fourth-order valence-electron chi connectivity index (χ4n) is 3.47. The average Bonchev–Trinajstić information content (AvgIpc) is 2.61. The van der Waals surface area contributed by atoms with E-state index in [0.717, 1.165) is 11.3 Å². The van der Waals surface area contributed by atoms with E-state index < -0.39 is 14.9 Å². The normalized spacial score (nSPS) is 18.4. The number of hydrogen-bond acceptors (Lipinski definition) is 5. The quantitative estimate of drug-likeness (QED) is 0.580. The fourth-order valence-corrected chi connectivity index (χ4v) is 5.09. The molecule has 0 radical (unpaired) electrons. The molecule has 0 aromatic heterocycles. The fraction of sp³-hybridized carbons (Fsp3) is 0.368. The molecule has 1 fully saturated rings. The maximum Gasteiger partial charge on any atom is 0.273 e. The number of hydrogen-bond donors (Lipinski definition) is 0. The number of nitro groups is 1. The summed E-state index contributed by atoms with van der Waals surface area (Å²) in [7, 11) is -3.64. The number of aryl methyl sites for hydroxylation is 1. The molecule has 0 N–H and O–H groups in total. The van der Waals surface area contributed by atoms with Gasteiger partial charge in [0, 0.05) is 43.0 Å². The number of sulfonamides is 1. The van der Waals surface area contributed by atoms with Gasteiger partial charge < -0.3 is 4.90 Å². The van der Waals surface area contributed by atoms with Crippen molar-refractivity contribution in [3.63, 3.8) is 0 Å². The van der Waals surface area contributed by atoms with Crippen molar-refractivity contribution in [3.05, 3.63) is 69.8 Å². The van der Waals surface area contributed by atoms with E-state index in [9.17, 15) is 18.5 Å². The van der Waals surface area contributed by atoms with Crippen LogP contribution < -0.4 is 4.90 Å². The van der Waals surface area contributed by atoms with E-state index in [1.807, 2.05) is 32.0 Å². The summed E-state index contributed by atoms with van der Waals surface area (Å²) in [5.41, 5.74) is 2.30. The van der Waals surface area contributed by atoms with E-state index in [-0.39, 0.29) is 23.0 Å². The molecule has 1 aliphatic rings. The number of anilines is 1. The van der Waals surface area contributed by atoms with Crippen LogP contribution in [0.3, 0.4) is 0 Å². The minimum atomic E-state index is -3.64. The van der Waals surface area contributed by atoms with Crippen LogP contribution in [0, 0.1) is 17.0 Å². The van der Waals surface area contributed by atoms with Crippen molar-refractivity contribution < 1.29 is 13.3 Å². The smallest absolute Gasteiger partial charge is 0.273 e. The predicted molar refractivity (Wildman–Crippen MR) is 105 cm³/mol. The van der Waals surface area contributed by atoms with Crippen LogP contribution in [0.2, 0.25) is 0 Å². The van der Waals surface area contributed by atoms with E-state index in [1.54, 1.807) is 6.07 Å². The molecule has 0 saturated carbocycles. The van der Waals surface area contributed by atoms with E-state index in [1.165, 1.54) is 22.5 Å². The van der Waals surface area contributed by atoms with Gasteiger partial charge >= 0.3 is 0 Å². The van der Waals surface area contributed by atoms with Crippen molar-refractivity contribution in [2.24, 2.45) is 0 Å². The highest BCUT2D eigenvalue weighted by Gasteiger charge is 2.32. The van der Waals surface area contributed by atoms with Gasteiger partial charge in [-0.05, 0) is 31.5 Å². The molecule has 7 nitrogen and oxygen atoms in total. The molecular formula is C19H23N3O4S. The third-order valence-corrected chi connectivity index (χ3v) is 6.64. The van der Waals surface area contributed by atoms with E-state index in [2.05, 4.69) is 11.0 Å². The molecule has 27 heavy (non-hydrogen) atoms. The molecule has 1 unspecified atom stereocenters. The Kier molecular flexibility index (Phi) is 5.48. The van der Waals surface area contributed by atoms with Crippen LogP contribution in [0.4, 0.5) is 11.4 Å². The molecule has 1 heterocycles. The highest BCUT2D eigenvalue weighted by Crippen LogP contribution is 2.26. The van der Waals surface area contributed by atoms with Gasteiger partial charge in [0.25, 0.3) is 5.69 Å². The zero-order chi connectivity index (χ0) is 19.6. The Bertz CT molecular complexity index is 945. The standard InChI is InChI=1S/C19H23N3O4S/c1-15-6-5-8-18(12-15)21-11-10-20(13-16(21)2)27(25,26)14-17-7-3-4-9-19(17)22(23)24/h3-9,12,16H,10-11,13-14H2,1-2H3. The number of nitrogens with zero attached hydrogens (tertiary/aromatic N) is 3. The van der Waals surface area contributed by atoms with Gasteiger partial charge in [-0.3, -0.25) is 10.1 Å². The molecule has 0 amide bonds. The van der Waals surface area contributed by atoms with Gasteiger partial charge in [0.2, 0.25) is 10.0 Å². The molecule has 0 bridgehead atoms. The second-order valence-corrected chi connectivity index (χ2v) is 8.85. The number of benzene rings is 2. The molecule has 0 aliphatic carbocycles. The van der Waals surface area contributed by atoms with E-state index in [4.69, 9.17) is 0 Å². The first-order valence-corrected chi connectivity index (χ1v) is 10.4. The second kappa shape index (κ2) is 7.66. The summed E-state index contributed by atoms with van der Waals surface area (Å²) in [4.78, 5) is 12.8. The zero-order valence-electron chi connectivity index (χ0n) is 15.4. The molecule has 3 rings (SSSR count). The van der Waals surface area contributed by atoms with Crippen LogP contribution in [-0.4, -0.2) is 43.3 Å². The molecular weight excluding hydrogens is 366 g/mol. The Morgan fingerprint density at radius 1 is 1.15 bits per heavy atom. The van der Waals surface area contributed by atoms with Crippen LogP contribution >= 0.6 is 0 Å². The third kappa shape index (κ3) is 4.28. The van der Waals surface area contributed by atoms with Gasteiger partial charge in [-0.1, -0.05) is 30.3 Å². The Morgan fingerprint density at radius 3 is 2.56 bits per heavy atom. The summed E-state index contributed by atoms with van der Waals surface area (Å²) in [6, 6.07) is 14.2. The van der Waals surface area contributed by atoms with Crippen molar-refractivity contribution in [1.82, 2.24) is 4.31 Å². The van der Waals surface area contributed by atoms with Gasteiger partial charge in [-0.25, -0.2) is 8.42 Å². The monoisotopic (exact) mass is 389 g/mol. The minimum Gasteiger partial charge on any atom is -0.366 e. The van der Waals surface area contributed by atoms with Crippen molar-refractivity contribution in [2.75, 3.05) is 24.5 Å². The first-order chi connectivity index (χ1) is 12.8. The van der Waals surface area contributed by atoms with Gasteiger partial charge in [-0.15, -0.1) is 0 Å². The first-order valence-electron chi connectivity index (χ1n) is 8.81. The maximum atomic E-state index is 12.9. The third-order valence-electron chi connectivity index (χ3n) is 4.84. The zero-order valence-corrected chi connectivity index (χ0v) is 16.2. The minimum absolute atomic E-state index is 0.0149. The van der Waals surface area contributed by atoms with Crippen LogP contribution in [0.1, 0.15) is 18.1 Å². The van der Waals surface area contributed by atoms with Crippen molar-refractivity contribution >= 4 is 21.4 Å². The van der Waals surface area contributed by atoms with E-state index in [0.29, 0.717) is 19.6 Å². The average molecular weight is 389 g/mol. The van der Waals surface area contributed by atoms with E-state index >= 15 is 0 Å². The number of piperazine rings is 1. The van der Waals surface area contributed by atoms with Crippen molar-refractivity contribution in [2.45, 2.75) is 25.6 Å². The summed E-state index contributed by atoms with van der Waals surface area (Å²) in [6.45, 7) is 5.33. The molecule has 1 saturated heterocycles. The lowest BCUT2D eigenvalue weighted by Crippen LogP contribution is -2.53. The lowest BCUT2D eigenvalue weighted by atomic mass is 10.1. The summed E-state index contributed by atoms with van der Waals surface area (Å²) >= 11 is 0. The predicted octanol–water partition coefficient (Wildman–Crippen LogP) is 2.94. The first kappa shape index (κ1) is 19.3. The Morgan fingerprint density at radius 2 is 1.89 bits per heavy atom. The second-order valence-electron chi connectivity index (χ2n) is 6.88. The lowest BCUT2D eigenvalue weighted by molar-refractivity contribution is -0.385. The van der Waals surface area contributed by atoms with Crippen molar-refractivity contribution in [1.29, 1.82) is 0 Å². The molecule has 2 aromatic carbocycles. The summed E-state index contributed by atoms with van der Waals surface area (Å²) in [5.74, 6) is -0.360. The SMILES string of the molecule is Cc1cccc(N2CCN(S(=O)(=O)Cc3ccccc3[N+](=O)[O-])CC2C)c1. The summed E-state index contributed by atoms with van der Waals surface area (Å²) in [6.07, 6.45) is 0. The number of rotatable bonds is 5. The number of nitro benzene ring substituents is 1. The van der Waals surface area contributed by atoms with Crippen LogP contribution in [0.5, 0.6) is 0 Å². The molecule has 1 atom stereocenters. The highest BCUT2D eigenvalue weighted by molar-refractivity contribution is 7.88. The van der Waals surface area contributed by atoms with Crippen LogP contribution in [0.25, 0.3) is 0 Å². The lowest BCUT2D eigenvalue weighted by Gasteiger charge is -2.40. The number of para-hydroxylation sites is 1. The van der Waals surface area contributed by atoms with Gasteiger partial charge in [0.1, 0.15) is 0 Å². The molecule has 0 spiro atoms. The van der Waals surface area contributed by atoms with Crippen LogP contribution in [-0.2, 0) is 15.8 Å². The largest absolute Gasteiger partial charge is 0.366 e. The van der Waals surface area contributed by atoms with Crippen LogP contribution in [0.15, 0.2) is 48.5 Å². The molecule has 2 aromatic rings. The van der Waals surface area contributed by atoms with Gasteiger partial charge in [0.05, 0.1) is 10.7 Å².